The molecule has 25 heavy (non-hydrogen) atoms. The minimum atomic E-state index is -0.569. The molecule has 3 N–H and O–H groups in total. The van der Waals surface area contributed by atoms with Gasteiger partial charge in [0.05, 0.1) is 0 Å². The van der Waals surface area contributed by atoms with Crippen molar-refractivity contribution in [2.45, 2.75) is 18.9 Å². The molecule has 2 aliphatic heterocycles. The molecule has 2 aromatic rings. The summed E-state index contributed by atoms with van der Waals surface area (Å²) in [6.07, 6.45) is 1.10. The van der Waals surface area contributed by atoms with Crippen molar-refractivity contribution in [3.05, 3.63) is 58.3 Å². The van der Waals surface area contributed by atoms with E-state index in [-0.39, 0.29) is 11.2 Å². The van der Waals surface area contributed by atoms with E-state index in [0.29, 0.717) is 24.1 Å². The van der Waals surface area contributed by atoms with Crippen molar-refractivity contribution in [1.82, 2.24) is 9.88 Å². The van der Waals surface area contributed by atoms with Crippen LogP contribution >= 0.6 is 0 Å². The van der Waals surface area contributed by atoms with E-state index in [1.807, 2.05) is 6.07 Å². The van der Waals surface area contributed by atoms with E-state index in [1.54, 1.807) is 16.7 Å². The molecule has 2 atom stereocenters. The first-order chi connectivity index (χ1) is 12.1. The fourth-order valence-electron chi connectivity index (χ4n) is 3.74. The van der Waals surface area contributed by atoms with Gasteiger partial charge in [0.1, 0.15) is 11.5 Å². The number of fused-ring (bicyclic) bond motifs is 4. The van der Waals surface area contributed by atoms with Gasteiger partial charge in [0, 0.05) is 30.4 Å². The average molecular weight is 342 g/mol. The number of carbonyl (C=O) groups excluding carboxylic acids is 1. The lowest BCUT2D eigenvalue weighted by molar-refractivity contribution is 0.257. The first kappa shape index (κ1) is 15.8. The van der Waals surface area contributed by atoms with Gasteiger partial charge in [0.15, 0.2) is 0 Å². The highest BCUT2D eigenvalue weighted by Gasteiger charge is 2.31. The zero-order chi connectivity index (χ0) is 17.4. The van der Waals surface area contributed by atoms with Crippen molar-refractivity contribution in [3.8, 4) is 0 Å². The van der Waals surface area contributed by atoms with Crippen LogP contribution in [0.25, 0.3) is 0 Å². The Labute approximate surface area is 144 Å². The minimum absolute atomic E-state index is 0.191. The number of hydrogen-bond acceptors (Lipinski definition) is 3. The van der Waals surface area contributed by atoms with Crippen molar-refractivity contribution in [2.75, 3.05) is 23.7 Å². The number of amides is 2. The lowest BCUT2D eigenvalue weighted by Crippen LogP contribution is -2.45. The molecule has 2 unspecified atom stereocenters. The van der Waals surface area contributed by atoms with Crippen LogP contribution in [-0.4, -0.2) is 23.7 Å². The largest absolute Gasteiger partial charge is 0.323 e. The Kier molecular flexibility index (Phi) is 4.01. The summed E-state index contributed by atoms with van der Waals surface area (Å²) in [4.78, 5) is 24.8. The molecule has 6 nitrogen and oxygen atoms in total. The predicted octanol–water partition coefficient (Wildman–Crippen LogP) is 2.34. The second-order valence-corrected chi connectivity index (χ2v) is 6.63. The van der Waals surface area contributed by atoms with Crippen LogP contribution in [0.2, 0.25) is 0 Å². The standard InChI is InChI=1S/C18H19FN4O2/c19-13-2-1-3-14(7-13)21-18(25)22-15-4-5-16-12-6-11(8-20-9-12)10-23(16)17(15)24/h1-5,7,11-12,20H,6,8-10H2,(H2,21,22,25). The topological polar surface area (TPSA) is 75.2 Å². The van der Waals surface area contributed by atoms with Gasteiger partial charge in [0.2, 0.25) is 0 Å². The lowest BCUT2D eigenvalue weighted by Gasteiger charge is -2.37. The molecule has 1 fully saturated rings. The Morgan fingerprint density at radius 2 is 2.08 bits per heavy atom. The van der Waals surface area contributed by atoms with Crippen molar-refractivity contribution in [3.63, 3.8) is 0 Å². The van der Waals surface area contributed by atoms with E-state index in [1.165, 1.54) is 18.2 Å². The van der Waals surface area contributed by atoms with Gasteiger partial charge in [-0.1, -0.05) is 6.07 Å². The molecule has 130 valence electrons. The van der Waals surface area contributed by atoms with Gasteiger partial charge in [-0.3, -0.25) is 4.79 Å². The molecule has 1 aromatic heterocycles. The maximum Gasteiger partial charge on any atom is 0.323 e. The number of piperidine rings is 1. The molecule has 1 aromatic carbocycles. The summed E-state index contributed by atoms with van der Waals surface area (Å²) in [5.41, 5.74) is 1.38. The highest BCUT2D eigenvalue weighted by atomic mass is 19.1. The molecule has 7 heteroatoms. The zero-order valence-corrected chi connectivity index (χ0v) is 13.6. The second-order valence-electron chi connectivity index (χ2n) is 6.63. The molecule has 2 aliphatic rings. The number of halogens is 1. The van der Waals surface area contributed by atoms with Gasteiger partial charge < -0.3 is 20.5 Å². The van der Waals surface area contributed by atoms with Crippen LogP contribution in [0.3, 0.4) is 0 Å². The molecule has 0 saturated carbocycles. The number of nitrogens with zero attached hydrogens (tertiary/aromatic N) is 1. The quantitative estimate of drug-likeness (QED) is 0.784. The second kappa shape index (κ2) is 6.33. The van der Waals surface area contributed by atoms with E-state index >= 15 is 0 Å². The Morgan fingerprint density at radius 3 is 2.92 bits per heavy atom. The number of benzene rings is 1. The highest BCUT2D eigenvalue weighted by molar-refractivity contribution is 5.99. The molecular formula is C18H19FN4O2. The number of anilines is 2. The summed E-state index contributed by atoms with van der Waals surface area (Å²) in [5, 5.41) is 8.50. The summed E-state index contributed by atoms with van der Waals surface area (Å²) >= 11 is 0. The zero-order valence-electron chi connectivity index (χ0n) is 13.6. The normalized spacial score (nSPS) is 21.3. The van der Waals surface area contributed by atoms with Gasteiger partial charge >= 0.3 is 6.03 Å². The number of pyridine rings is 1. The van der Waals surface area contributed by atoms with Crippen LogP contribution in [-0.2, 0) is 6.54 Å². The molecule has 4 rings (SSSR count). The maximum atomic E-state index is 13.2. The van der Waals surface area contributed by atoms with Crippen molar-refractivity contribution in [1.29, 1.82) is 0 Å². The van der Waals surface area contributed by atoms with Gasteiger partial charge in [-0.2, -0.15) is 0 Å². The third kappa shape index (κ3) is 3.15. The highest BCUT2D eigenvalue weighted by Crippen LogP contribution is 2.32. The van der Waals surface area contributed by atoms with Crippen molar-refractivity contribution >= 4 is 17.4 Å². The van der Waals surface area contributed by atoms with E-state index < -0.39 is 11.8 Å². The summed E-state index contributed by atoms with van der Waals surface area (Å²) in [5.74, 6) is 0.350. The lowest BCUT2D eigenvalue weighted by atomic mass is 9.84. The fraction of sp³-hybridized carbons (Fsp3) is 0.333. The number of carbonyl (C=O) groups is 1. The average Bonchev–Trinajstić information content (AvgIpc) is 2.58. The van der Waals surface area contributed by atoms with Gasteiger partial charge in [-0.15, -0.1) is 0 Å². The van der Waals surface area contributed by atoms with Crippen LogP contribution in [0.5, 0.6) is 0 Å². The molecule has 2 bridgehead atoms. The van der Waals surface area contributed by atoms with Crippen LogP contribution in [0, 0.1) is 11.7 Å². The first-order valence-corrected chi connectivity index (χ1v) is 8.38. The van der Waals surface area contributed by atoms with Crippen LogP contribution in [0.15, 0.2) is 41.2 Å². The van der Waals surface area contributed by atoms with E-state index in [9.17, 15) is 14.0 Å². The summed E-state index contributed by atoms with van der Waals surface area (Å²) in [7, 11) is 0. The van der Waals surface area contributed by atoms with Gasteiger partial charge in [-0.05, 0) is 49.2 Å². The van der Waals surface area contributed by atoms with Crippen molar-refractivity contribution in [2.24, 2.45) is 5.92 Å². The summed E-state index contributed by atoms with van der Waals surface area (Å²) < 4.78 is 15.0. The van der Waals surface area contributed by atoms with E-state index in [4.69, 9.17) is 0 Å². The molecule has 3 heterocycles. The number of nitrogens with one attached hydrogen (secondary N) is 3. The monoisotopic (exact) mass is 342 g/mol. The molecule has 0 spiro atoms. The third-order valence-corrected chi connectivity index (χ3v) is 4.84. The number of aromatic nitrogens is 1. The SMILES string of the molecule is O=C(Nc1cccc(F)c1)Nc1ccc2n(c1=O)CC1CNCC2C1. The maximum absolute atomic E-state index is 13.2. The third-order valence-electron chi connectivity index (χ3n) is 4.84. The van der Waals surface area contributed by atoms with Gasteiger partial charge in [0.25, 0.3) is 5.56 Å². The molecular weight excluding hydrogens is 323 g/mol. The van der Waals surface area contributed by atoms with Gasteiger partial charge in [-0.25, -0.2) is 9.18 Å². The Hall–Kier alpha value is -2.67. The fourth-order valence-corrected chi connectivity index (χ4v) is 3.74. The number of rotatable bonds is 2. The first-order valence-electron chi connectivity index (χ1n) is 8.38. The molecule has 1 saturated heterocycles. The minimum Gasteiger partial charge on any atom is -0.316 e. The number of hydrogen-bond donors (Lipinski definition) is 3. The molecule has 0 aliphatic carbocycles. The molecule has 0 radical (unpaired) electrons. The smallest absolute Gasteiger partial charge is 0.316 e. The van der Waals surface area contributed by atoms with E-state index in [0.717, 1.165) is 25.2 Å². The predicted molar refractivity (Wildman–Crippen MR) is 93.5 cm³/mol. The Balaban J connectivity index is 1.54. The van der Waals surface area contributed by atoms with Crippen LogP contribution < -0.4 is 21.5 Å². The molecule has 2 amide bonds. The van der Waals surface area contributed by atoms with Crippen LogP contribution in [0.1, 0.15) is 18.0 Å². The summed E-state index contributed by atoms with van der Waals surface area (Å²) in [6, 6.07) is 8.59. The van der Waals surface area contributed by atoms with Crippen LogP contribution in [0.4, 0.5) is 20.6 Å². The van der Waals surface area contributed by atoms with E-state index in [2.05, 4.69) is 16.0 Å². The Bertz CT molecular complexity index is 880. The Morgan fingerprint density at radius 1 is 1.20 bits per heavy atom. The van der Waals surface area contributed by atoms with Crippen molar-refractivity contribution < 1.29 is 9.18 Å². The summed E-state index contributed by atoms with van der Waals surface area (Å²) in [6.45, 7) is 2.46. The number of urea groups is 1.